The van der Waals surface area contributed by atoms with Gasteiger partial charge in [-0.1, -0.05) is 18.2 Å². The van der Waals surface area contributed by atoms with Crippen LogP contribution in [0.3, 0.4) is 0 Å². The number of carboxylic acids is 1. The Labute approximate surface area is 155 Å². The summed E-state index contributed by atoms with van der Waals surface area (Å²) in [6.45, 7) is 2.51. The van der Waals surface area contributed by atoms with Crippen LogP contribution in [0.1, 0.15) is 40.6 Å². The van der Waals surface area contributed by atoms with Crippen LogP contribution in [-0.4, -0.2) is 17.7 Å². The number of hydrogen-bond donors (Lipinski definition) is 1. The molecule has 27 heavy (non-hydrogen) atoms. The molecule has 1 heterocycles. The Morgan fingerprint density at radius 1 is 1.22 bits per heavy atom. The zero-order valence-electron chi connectivity index (χ0n) is 14.8. The first-order valence-electron chi connectivity index (χ1n) is 8.84. The van der Waals surface area contributed by atoms with E-state index in [4.69, 9.17) is 14.3 Å². The monoisotopic (exact) mass is 362 g/mol. The van der Waals surface area contributed by atoms with E-state index in [0.717, 1.165) is 16.9 Å². The summed E-state index contributed by atoms with van der Waals surface area (Å²) >= 11 is 0. The molecule has 0 saturated heterocycles. The fraction of sp³-hybridized carbons (Fsp3) is 0.182. The molecule has 1 aliphatic rings. The Kier molecular flexibility index (Phi) is 4.28. The average molecular weight is 362 g/mol. The quantitative estimate of drug-likeness (QED) is 0.745. The fourth-order valence-electron chi connectivity index (χ4n) is 3.44. The number of carboxylic acid groups (broad SMARTS) is 1. The Hall–Kier alpha value is -3.34. The van der Waals surface area contributed by atoms with Crippen molar-refractivity contribution in [1.82, 2.24) is 0 Å². The van der Waals surface area contributed by atoms with Crippen LogP contribution < -0.4 is 10.2 Å². The van der Waals surface area contributed by atoms with E-state index in [1.54, 1.807) is 6.07 Å². The molecule has 0 fully saturated rings. The topological polar surface area (TPSA) is 76.7 Å². The van der Waals surface area contributed by atoms with Crippen LogP contribution in [0.5, 0.6) is 5.75 Å². The van der Waals surface area contributed by atoms with Gasteiger partial charge in [0.1, 0.15) is 17.1 Å². The second-order valence-corrected chi connectivity index (χ2v) is 6.40. The Bertz CT molecular complexity index is 1140. The van der Waals surface area contributed by atoms with Gasteiger partial charge < -0.3 is 14.3 Å². The van der Waals surface area contributed by atoms with E-state index in [9.17, 15) is 9.59 Å². The second-order valence-electron chi connectivity index (χ2n) is 6.40. The van der Waals surface area contributed by atoms with Gasteiger partial charge in [-0.05, 0) is 55.7 Å². The lowest BCUT2D eigenvalue weighted by Crippen LogP contribution is -2.09. The number of benzene rings is 2. The summed E-state index contributed by atoms with van der Waals surface area (Å²) in [7, 11) is 0. The summed E-state index contributed by atoms with van der Waals surface area (Å²) in [6, 6.07) is 12.1. The number of carbonyl (C=O) groups is 1. The van der Waals surface area contributed by atoms with Gasteiger partial charge in [-0.15, -0.1) is 0 Å². The molecule has 0 amide bonds. The van der Waals surface area contributed by atoms with Gasteiger partial charge in [0, 0.05) is 11.1 Å². The third kappa shape index (κ3) is 3.01. The highest BCUT2D eigenvalue weighted by atomic mass is 16.5. The first-order valence-corrected chi connectivity index (χ1v) is 8.84. The molecule has 136 valence electrons. The van der Waals surface area contributed by atoms with Gasteiger partial charge in [0.05, 0.1) is 17.6 Å². The molecule has 4 rings (SSSR count). The van der Waals surface area contributed by atoms with Crippen molar-refractivity contribution in [3.63, 3.8) is 0 Å². The molecule has 0 unspecified atom stereocenters. The molecular weight excluding hydrogens is 344 g/mol. The van der Waals surface area contributed by atoms with Gasteiger partial charge in [0.25, 0.3) is 0 Å². The van der Waals surface area contributed by atoms with Crippen molar-refractivity contribution in [3.05, 3.63) is 75.1 Å². The zero-order valence-corrected chi connectivity index (χ0v) is 14.8. The summed E-state index contributed by atoms with van der Waals surface area (Å²) in [5.41, 5.74) is 2.80. The van der Waals surface area contributed by atoms with Gasteiger partial charge in [0.2, 0.25) is 0 Å². The highest BCUT2D eigenvalue weighted by Gasteiger charge is 2.24. The Morgan fingerprint density at radius 2 is 2.04 bits per heavy atom. The van der Waals surface area contributed by atoms with Crippen molar-refractivity contribution in [2.45, 2.75) is 19.8 Å². The second kappa shape index (κ2) is 6.76. The first kappa shape index (κ1) is 17.1. The van der Waals surface area contributed by atoms with Crippen molar-refractivity contribution in [2.24, 2.45) is 0 Å². The van der Waals surface area contributed by atoms with Gasteiger partial charge in [0.15, 0.2) is 5.43 Å². The number of allylic oxidation sites excluding steroid dienone is 1. The molecule has 5 nitrogen and oxygen atoms in total. The average Bonchev–Trinajstić information content (AvgIpc) is 3.06. The third-order valence-corrected chi connectivity index (χ3v) is 4.72. The maximum atomic E-state index is 12.9. The van der Waals surface area contributed by atoms with Gasteiger partial charge in [-0.3, -0.25) is 4.79 Å². The summed E-state index contributed by atoms with van der Waals surface area (Å²) in [4.78, 5) is 24.0. The smallest absolute Gasteiger partial charge is 0.335 e. The molecule has 5 heteroatoms. The zero-order chi connectivity index (χ0) is 19.0. The van der Waals surface area contributed by atoms with Crippen molar-refractivity contribution >= 4 is 28.6 Å². The molecule has 1 N–H and O–H groups in total. The van der Waals surface area contributed by atoms with E-state index in [1.807, 2.05) is 37.3 Å². The van der Waals surface area contributed by atoms with Crippen molar-refractivity contribution < 1.29 is 19.1 Å². The number of para-hydroxylation sites is 1. The van der Waals surface area contributed by atoms with Crippen LogP contribution >= 0.6 is 0 Å². The van der Waals surface area contributed by atoms with Crippen LogP contribution in [0.2, 0.25) is 0 Å². The molecule has 3 aromatic rings. The molecule has 2 aromatic carbocycles. The van der Waals surface area contributed by atoms with Gasteiger partial charge in [-0.25, -0.2) is 4.79 Å². The minimum Gasteiger partial charge on any atom is -0.493 e. The Balaban J connectivity index is 1.85. The van der Waals surface area contributed by atoms with Crippen LogP contribution in [0, 0.1) is 0 Å². The fourth-order valence-corrected chi connectivity index (χ4v) is 3.44. The number of hydrogen-bond acceptors (Lipinski definition) is 4. The predicted molar refractivity (Wildman–Crippen MR) is 103 cm³/mol. The molecule has 1 aliphatic carbocycles. The molecule has 0 aliphatic heterocycles. The lowest BCUT2D eigenvalue weighted by molar-refractivity contribution is 0.0697. The molecule has 0 atom stereocenters. The molecule has 1 aromatic heterocycles. The van der Waals surface area contributed by atoms with E-state index in [2.05, 4.69) is 0 Å². The van der Waals surface area contributed by atoms with E-state index >= 15 is 0 Å². The number of fused-ring (bicyclic) bond motifs is 2. The maximum absolute atomic E-state index is 12.9. The van der Waals surface area contributed by atoms with Crippen LogP contribution in [0.15, 0.2) is 51.7 Å². The minimum atomic E-state index is -1.06. The standard InChI is InChI=1S/C22H18O5/c1-2-26-18-6-4-3-5-13(18)11-14-7-9-16-20(23)17-12-15(22(24)25)8-10-19(17)27-21(14)16/h3-6,8,10-12H,2,7,9H2,1H3,(H,24,25)/b14-11-. The summed E-state index contributed by atoms with van der Waals surface area (Å²) in [5, 5.41) is 9.46. The number of ether oxygens (including phenoxy) is 1. The molecule has 0 spiro atoms. The van der Waals surface area contributed by atoms with Gasteiger partial charge in [-0.2, -0.15) is 0 Å². The molecule has 0 radical (unpaired) electrons. The molecular formula is C22H18O5. The maximum Gasteiger partial charge on any atom is 0.335 e. The predicted octanol–water partition coefficient (Wildman–Crippen LogP) is 4.38. The number of rotatable bonds is 4. The lowest BCUT2D eigenvalue weighted by atomic mass is 10.1. The summed E-state index contributed by atoms with van der Waals surface area (Å²) in [5.74, 6) is 0.307. The number of aromatic carboxylic acids is 1. The largest absolute Gasteiger partial charge is 0.493 e. The normalized spacial score (nSPS) is 14.5. The van der Waals surface area contributed by atoms with Crippen LogP contribution in [0.25, 0.3) is 22.6 Å². The van der Waals surface area contributed by atoms with E-state index in [0.29, 0.717) is 41.7 Å². The molecule has 0 saturated carbocycles. The highest BCUT2D eigenvalue weighted by Crippen LogP contribution is 2.35. The van der Waals surface area contributed by atoms with Gasteiger partial charge >= 0.3 is 5.97 Å². The van der Waals surface area contributed by atoms with Crippen molar-refractivity contribution in [1.29, 1.82) is 0 Å². The lowest BCUT2D eigenvalue weighted by Gasteiger charge is -2.08. The molecule has 0 bridgehead atoms. The summed E-state index contributed by atoms with van der Waals surface area (Å²) in [6.07, 6.45) is 3.27. The van der Waals surface area contributed by atoms with Crippen molar-refractivity contribution in [2.75, 3.05) is 6.61 Å². The first-order chi connectivity index (χ1) is 13.1. The SMILES string of the molecule is CCOc1ccccc1/C=C1/CCc2c1oc1ccc(C(=O)O)cc1c2=O. The van der Waals surface area contributed by atoms with E-state index in [1.165, 1.54) is 12.1 Å². The van der Waals surface area contributed by atoms with Crippen LogP contribution in [-0.2, 0) is 6.42 Å². The van der Waals surface area contributed by atoms with E-state index < -0.39 is 5.97 Å². The summed E-state index contributed by atoms with van der Waals surface area (Å²) < 4.78 is 11.7. The van der Waals surface area contributed by atoms with Crippen molar-refractivity contribution in [3.8, 4) is 5.75 Å². The Morgan fingerprint density at radius 3 is 2.81 bits per heavy atom. The minimum absolute atomic E-state index is 0.0779. The third-order valence-electron chi connectivity index (χ3n) is 4.72. The van der Waals surface area contributed by atoms with Crippen LogP contribution in [0.4, 0.5) is 0 Å². The highest BCUT2D eigenvalue weighted by molar-refractivity contribution is 5.94. The van der Waals surface area contributed by atoms with E-state index in [-0.39, 0.29) is 11.0 Å².